The fraction of sp³-hybridized carbons (Fsp3) is 0.562. The van der Waals surface area contributed by atoms with Crippen LogP contribution < -0.4 is 10.6 Å². The fourth-order valence-electron chi connectivity index (χ4n) is 2.78. The number of carbonyl (C=O) groups is 1. The summed E-state index contributed by atoms with van der Waals surface area (Å²) in [6.07, 6.45) is 5.36. The summed E-state index contributed by atoms with van der Waals surface area (Å²) in [5.41, 5.74) is 1.87. The molecule has 0 bridgehead atoms. The molecule has 0 spiro atoms. The van der Waals surface area contributed by atoms with Crippen molar-refractivity contribution in [3.8, 4) is 0 Å². The summed E-state index contributed by atoms with van der Waals surface area (Å²) < 4.78 is 0. The maximum atomic E-state index is 11.8. The van der Waals surface area contributed by atoms with Gasteiger partial charge in [-0.2, -0.15) is 0 Å². The second kappa shape index (κ2) is 7.29. The Bertz CT molecular complexity index is 442. The molecule has 1 atom stereocenters. The summed E-state index contributed by atoms with van der Waals surface area (Å²) in [6.45, 7) is 2.30. The highest BCUT2D eigenvalue weighted by molar-refractivity contribution is 5.89. The second-order valence-corrected chi connectivity index (χ2v) is 5.67. The summed E-state index contributed by atoms with van der Waals surface area (Å²) in [5.74, 6) is 0.336. The number of rotatable bonds is 4. The molecule has 1 aliphatic carbocycles. The van der Waals surface area contributed by atoms with E-state index in [1.54, 1.807) is 0 Å². The van der Waals surface area contributed by atoms with Crippen LogP contribution in [-0.2, 0) is 0 Å². The first kappa shape index (κ1) is 14.9. The lowest BCUT2D eigenvalue weighted by molar-refractivity contribution is 0.0863. The van der Waals surface area contributed by atoms with Crippen molar-refractivity contribution >= 4 is 11.7 Å². The Hall–Kier alpha value is -1.55. The van der Waals surface area contributed by atoms with E-state index in [2.05, 4.69) is 10.6 Å². The predicted octanol–water partition coefficient (Wildman–Crippen LogP) is 3.06. The lowest BCUT2D eigenvalue weighted by atomic mass is 9.85. The van der Waals surface area contributed by atoms with Gasteiger partial charge < -0.3 is 15.7 Å². The molecule has 0 saturated heterocycles. The highest BCUT2D eigenvalue weighted by atomic mass is 16.3. The van der Waals surface area contributed by atoms with Crippen molar-refractivity contribution in [1.29, 1.82) is 0 Å². The van der Waals surface area contributed by atoms with Crippen LogP contribution in [0.2, 0.25) is 0 Å². The molecule has 110 valence electrons. The van der Waals surface area contributed by atoms with Gasteiger partial charge in [0.15, 0.2) is 0 Å². The molecule has 0 radical (unpaired) electrons. The minimum atomic E-state index is -0.432. The first-order chi connectivity index (χ1) is 9.65. The van der Waals surface area contributed by atoms with E-state index < -0.39 is 6.10 Å². The Labute approximate surface area is 120 Å². The zero-order chi connectivity index (χ0) is 14.4. The van der Waals surface area contributed by atoms with Crippen LogP contribution in [0, 0.1) is 12.8 Å². The van der Waals surface area contributed by atoms with E-state index in [1.807, 2.05) is 31.2 Å². The van der Waals surface area contributed by atoms with Gasteiger partial charge in [0.25, 0.3) is 0 Å². The average Bonchev–Trinajstić information content (AvgIpc) is 2.46. The minimum Gasteiger partial charge on any atom is -0.391 e. The van der Waals surface area contributed by atoms with E-state index in [9.17, 15) is 9.90 Å². The van der Waals surface area contributed by atoms with Crippen LogP contribution in [0.15, 0.2) is 24.3 Å². The predicted molar refractivity (Wildman–Crippen MR) is 80.8 cm³/mol. The van der Waals surface area contributed by atoms with E-state index >= 15 is 0 Å². The highest BCUT2D eigenvalue weighted by Crippen LogP contribution is 2.26. The number of hydrogen-bond donors (Lipinski definition) is 3. The molecule has 1 aliphatic rings. The summed E-state index contributed by atoms with van der Waals surface area (Å²) in [4.78, 5) is 11.8. The zero-order valence-electron chi connectivity index (χ0n) is 12.1. The largest absolute Gasteiger partial charge is 0.391 e. The molecule has 0 heterocycles. The van der Waals surface area contributed by atoms with Crippen molar-refractivity contribution in [2.45, 2.75) is 45.1 Å². The van der Waals surface area contributed by atoms with Crippen molar-refractivity contribution in [1.82, 2.24) is 5.32 Å². The molecule has 1 saturated carbocycles. The highest BCUT2D eigenvalue weighted by Gasteiger charge is 2.21. The zero-order valence-corrected chi connectivity index (χ0v) is 12.1. The maximum Gasteiger partial charge on any atom is 0.319 e. The quantitative estimate of drug-likeness (QED) is 0.791. The van der Waals surface area contributed by atoms with Crippen LogP contribution in [0.5, 0.6) is 0 Å². The maximum absolute atomic E-state index is 11.8. The number of aryl methyl sites for hydroxylation is 1. The summed E-state index contributed by atoms with van der Waals surface area (Å²) in [6, 6.07) is 7.39. The van der Waals surface area contributed by atoms with Crippen molar-refractivity contribution < 1.29 is 9.90 Å². The van der Waals surface area contributed by atoms with E-state index in [0.29, 0.717) is 12.5 Å². The number of aliphatic hydroxyl groups is 1. The number of anilines is 1. The smallest absolute Gasteiger partial charge is 0.319 e. The Morgan fingerprint density at radius 1 is 1.35 bits per heavy atom. The van der Waals surface area contributed by atoms with Gasteiger partial charge in [0, 0.05) is 12.2 Å². The molecule has 3 N–H and O–H groups in total. The average molecular weight is 276 g/mol. The van der Waals surface area contributed by atoms with Gasteiger partial charge in [0.1, 0.15) is 0 Å². The molecule has 1 fully saturated rings. The van der Waals surface area contributed by atoms with E-state index in [1.165, 1.54) is 19.3 Å². The molecular weight excluding hydrogens is 252 g/mol. The minimum absolute atomic E-state index is 0.259. The molecule has 4 nitrogen and oxygen atoms in total. The normalized spacial score (nSPS) is 17.5. The van der Waals surface area contributed by atoms with Crippen molar-refractivity contribution in [3.05, 3.63) is 29.8 Å². The summed E-state index contributed by atoms with van der Waals surface area (Å²) in [7, 11) is 0. The Kier molecular flexibility index (Phi) is 5.41. The molecule has 2 amide bonds. The van der Waals surface area contributed by atoms with Crippen LogP contribution in [0.25, 0.3) is 0 Å². The molecule has 0 unspecified atom stereocenters. The lowest BCUT2D eigenvalue weighted by Crippen LogP contribution is -2.39. The third-order valence-corrected chi connectivity index (χ3v) is 3.94. The first-order valence-electron chi connectivity index (χ1n) is 7.45. The Balaban J connectivity index is 1.74. The molecule has 1 aromatic carbocycles. The number of carbonyl (C=O) groups excluding carboxylic acids is 1. The molecule has 1 aromatic rings. The van der Waals surface area contributed by atoms with Gasteiger partial charge in [-0.15, -0.1) is 0 Å². The molecule has 20 heavy (non-hydrogen) atoms. The standard InChI is InChI=1S/C16H24N2O2/c1-12-6-5-9-14(10-12)18-16(20)17-11-15(19)13-7-3-2-4-8-13/h5-6,9-10,13,15,19H,2-4,7-8,11H2,1H3,(H2,17,18,20)/t15-/m0/s1. The van der Waals surface area contributed by atoms with Crippen LogP contribution in [0.1, 0.15) is 37.7 Å². The number of benzene rings is 1. The van der Waals surface area contributed by atoms with Crippen LogP contribution in [0.4, 0.5) is 10.5 Å². The van der Waals surface area contributed by atoms with Gasteiger partial charge >= 0.3 is 6.03 Å². The van der Waals surface area contributed by atoms with Gasteiger partial charge in [-0.05, 0) is 43.4 Å². The van der Waals surface area contributed by atoms with Gasteiger partial charge in [0.05, 0.1) is 6.10 Å². The fourth-order valence-corrected chi connectivity index (χ4v) is 2.78. The monoisotopic (exact) mass is 276 g/mol. The first-order valence-corrected chi connectivity index (χ1v) is 7.45. The number of urea groups is 1. The Morgan fingerprint density at radius 2 is 2.10 bits per heavy atom. The topological polar surface area (TPSA) is 61.4 Å². The number of hydrogen-bond acceptors (Lipinski definition) is 2. The van der Waals surface area contributed by atoms with Crippen molar-refractivity contribution in [2.75, 3.05) is 11.9 Å². The van der Waals surface area contributed by atoms with Crippen LogP contribution in [-0.4, -0.2) is 23.8 Å². The molecule has 2 rings (SSSR count). The molecular formula is C16H24N2O2. The van der Waals surface area contributed by atoms with Gasteiger partial charge in [0.2, 0.25) is 0 Å². The van der Waals surface area contributed by atoms with Crippen LogP contribution >= 0.6 is 0 Å². The number of amides is 2. The Morgan fingerprint density at radius 3 is 2.80 bits per heavy atom. The summed E-state index contributed by atoms with van der Waals surface area (Å²) in [5, 5.41) is 15.6. The van der Waals surface area contributed by atoms with Crippen molar-refractivity contribution in [3.63, 3.8) is 0 Å². The molecule has 0 aliphatic heterocycles. The third kappa shape index (κ3) is 4.53. The number of nitrogens with one attached hydrogen (secondary N) is 2. The SMILES string of the molecule is Cc1cccc(NC(=O)NC[C@H](O)C2CCCCC2)c1. The molecule has 4 heteroatoms. The third-order valence-electron chi connectivity index (χ3n) is 3.94. The lowest BCUT2D eigenvalue weighted by Gasteiger charge is -2.26. The van der Waals surface area contributed by atoms with Crippen LogP contribution in [0.3, 0.4) is 0 Å². The van der Waals surface area contributed by atoms with Gasteiger partial charge in [-0.3, -0.25) is 0 Å². The van der Waals surface area contributed by atoms with Gasteiger partial charge in [-0.1, -0.05) is 31.4 Å². The second-order valence-electron chi connectivity index (χ2n) is 5.67. The van der Waals surface area contributed by atoms with Crippen molar-refractivity contribution in [2.24, 2.45) is 5.92 Å². The van der Waals surface area contributed by atoms with E-state index in [-0.39, 0.29) is 6.03 Å². The van der Waals surface area contributed by atoms with E-state index in [4.69, 9.17) is 0 Å². The summed E-state index contributed by atoms with van der Waals surface area (Å²) >= 11 is 0. The van der Waals surface area contributed by atoms with E-state index in [0.717, 1.165) is 24.1 Å². The number of aliphatic hydroxyl groups excluding tert-OH is 1. The van der Waals surface area contributed by atoms with Gasteiger partial charge in [-0.25, -0.2) is 4.79 Å². The molecule has 0 aromatic heterocycles.